The predicted octanol–water partition coefficient (Wildman–Crippen LogP) is 6.14. The van der Waals surface area contributed by atoms with Gasteiger partial charge in [0.25, 0.3) is 11.8 Å². The largest absolute Gasteiger partial charge is 0.490 e. The summed E-state index contributed by atoms with van der Waals surface area (Å²) in [5.74, 6) is -7.09. The van der Waals surface area contributed by atoms with Gasteiger partial charge in [0.05, 0.1) is 42.7 Å². The number of alkyl halides is 3. The van der Waals surface area contributed by atoms with Crippen molar-refractivity contribution in [2.45, 2.75) is 161 Å². The predicted molar refractivity (Wildman–Crippen MR) is 305 cm³/mol. The fourth-order valence-corrected chi connectivity index (χ4v) is 10.7. The number of likely N-dealkylation sites (tertiary alicyclic amines) is 1. The summed E-state index contributed by atoms with van der Waals surface area (Å²) in [4.78, 5) is 123. The summed E-state index contributed by atoms with van der Waals surface area (Å²) in [6.45, 7) is 14.8. The lowest BCUT2D eigenvalue weighted by Gasteiger charge is -2.41. The summed E-state index contributed by atoms with van der Waals surface area (Å²) in [5, 5.41) is 22.9. The highest BCUT2D eigenvalue weighted by atomic mass is 19.4. The van der Waals surface area contributed by atoms with Gasteiger partial charge in [0.2, 0.25) is 29.5 Å². The Morgan fingerprint density at radius 2 is 1.39 bits per heavy atom. The van der Waals surface area contributed by atoms with Crippen LogP contribution in [0.15, 0.2) is 66.7 Å². The molecule has 1 saturated heterocycles. The molecule has 83 heavy (non-hydrogen) atoms. The third-order valence-electron chi connectivity index (χ3n) is 15.6. The van der Waals surface area contributed by atoms with Gasteiger partial charge in [0.15, 0.2) is 0 Å². The SMILES string of the molecule is CC[C@H](C)[C@@H]([C@@H](CC(=O)N1CCC[C@H]1[C@H](OC)[C@@H](C)C(=O)N[C@@H](Cc1ccccc1)C(=O)O)OC)N(C)C(=O)[C@@H](NC(=O)[C@H](C(C)C)N(C)CCc1ccc(N(C)C(=O)CCCCCN2C(=O)C=CC2=O)cc1)C(C)C.O=C(O)C(F)(F)F. The summed E-state index contributed by atoms with van der Waals surface area (Å²) in [7, 11) is 8.36. The number of anilines is 1. The number of nitrogens with one attached hydrogen (secondary N) is 2. The molecule has 2 heterocycles. The molecule has 0 unspecified atom stereocenters. The van der Waals surface area contributed by atoms with Crippen molar-refractivity contribution in [1.29, 1.82) is 0 Å². The van der Waals surface area contributed by atoms with Gasteiger partial charge < -0.3 is 45.0 Å². The Balaban J connectivity index is 0.00000241. The minimum Gasteiger partial charge on any atom is -0.480 e. The summed E-state index contributed by atoms with van der Waals surface area (Å²) < 4.78 is 43.7. The van der Waals surface area contributed by atoms with E-state index in [0.717, 1.165) is 16.8 Å². The highest BCUT2D eigenvalue weighted by Crippen LogP contribution is 2.30. The van der Waals surface area contributed by atoms with Crippen molar-refractivity contribution in [3.05, 3.63) is 77.9 Å². The zero-order valence-electron chi connectivity index (χ0n) is 50.1. The van der Waals surface area contributed by atoms with E-state index in [0.29, 0.717) is 71.0 Å². The molecular formula is C60H88F3N7O13. The average molecular weight is 1170 g/mol. The highest BCUT2D eigenvalue weighted by Gasteiger charge is 2.44. The number of carbonyl (C=O) groups excluding carboxylic acids is 7. The lowest BCUT2D eigenvalue weighted by atomic mass is 9.89. The molecule has 20 nitrogen and oxygen atoms in total. The molecule has 0 spiro atoms. The quantitative estimate of drug-likeness (QED) is 0.0489. The van der Waals surface area contributed by atoms with E-state index in [-0.39, 0.29) is 66.0 Å². The number of likely N-dealkylation sites (N-methyl/N-ethyl adjacent to an activating group) is 2. The number of hydrogen-bond donors (Lipinski definition) is 4. The van der Waals surface area contributed by atoms with E-state index >= 15 is 0 Å². The first-order chi connectivity index (χ1) is 39.0. The number of methoxy groups -OCH3 is 2. The zero-order valence-corrected chi connectivity index (χ0v) is 50.1. The lowest BCUT2D eigenvalue weighted by molar-refractivity contribution is -0.192. The molecule has 1 fully saturated rings. The van der Waals surface area contributed by atoms with Gasteiger partial charge in [-0.2, -0.15) is 13.2 Å². The zero-order chi connectivity index (χ0) is 62.5. The molecule has 0 saturated carbocycles. The average Bonchev–Trinajstić information content (AvgIpc) is 4.31. The van der Waals surface area contributed by atoms with E-state index in [1.165, 1.54) is 31.3 Å². The van der Waals surface area contributed by atoms with Crippen LogP contribution in [0.5, 0.6) is 0 Å². The van der Waals surface area contributed by atoms with Crippen LogP contribution in [-0.4, -0.2) is 187 Å². The molecule has 0 radical (unpaired) electrons. The molecule has 0 bridgehead atoms. The van der Waals surface area contributed by atoms with Crippen LogP contribution in [0.3, 0.4) is 0 Å². The molecule has 2 aromatic carbocycles. The number of benzene rings is 2. The third-order valence-corrected chi connectivity index (χ3v) is 15.6. The smallest absolute Gasteiger partial charge is 0.480 e. The number of carboxylic acids is 2. The fourth-order valence-electron chi connectivity index (χ4n) is 10.7. The van der Waals surface area contributed by atoms with Crippen LogP contribution in [0.4, 0.5) is 18.9 Å². The number of unbranched alkanes of at least 4 members (excludes halogenated alkanes) is 2. The molecule has 2 aliphatic heterocycles. The van der Waals surface area contributed by atoms with E-state index < -0.39 is 72.4 Å². The summed E-state index contributed by atoms with van der Waals surface area (Å²) in [5.41, 5.74) is 2.55. The van der Waals surface area contributed by atoms with Crippen molar-refractivity contribution in [2.24, 2.45) is 23.7 Å². The Kier molecular flexibility index (Phi) is 28.5. The normalized spacial score (nSPS) is 17.3. The van der Waals surface area contributed by atoms with Gasteiger partial charge in [-0.15, -0.1) is 0 Å². The first kappa shape index (κ1) is 70.5. The topological polar surface area (TPSA) is 253 Å². The van der Waals surface area contributed by atoms with Crippen LogP contribution >= 0.6 is 0 Å². The van der Waals surface area contributed by atoms with Crippen molar-refractivity contribution in [2.75, 3.05) is 59.9 Å². The van der Waals surface area contributed by atoms with Crippen LogP contribution in [0, 0.1) is 23.7 Å². The summed E-state index contributed by atoms with van der Waals surface area (Å²) in [6, 6.07) is 13.2. The molecule has 4 rings (SSSR count). The Hall–Kier alpha value is -6.72. The van der Waals surface area contributed by atoms with Crippen LogP contribution in [-0.2, 0) is 65.5 Å². The van der Waals surface area contributed by atoms with Crippen molar-refractivity contribution >= 4 is 59.0 Å². The molecule has 462 valence electrons. The molecule has 23 heteroatoms. The van der Waals surface area contributed by atoms with Crippen molar-refractivity contribution < 1.29 is 76.0 Å². The summed E-state index contributed by atoms with van der Waals surface area (Å²) >= 11 is 0. The molecule has 2 aliphatic rings. The minimum atomic E-state index is -5.08. The maximum atomic E-state index is 14.7. The van der Waals surface area contributed by atoms with Gasteiger partial charge in [-0.1, -0.05) is 104 Å². The molecule has 7 amide bonds. The van der Waals surface area contributed by atoms with Crippen LogP contribution in [0.1, 0.15) is 111 Å². The maximum absolute atomic E-state index is 14.7. The van der Waals surface area contributed by atoms with Crippen LogP contribution in [0.2, 0.25) is 0 Å². The number of ether oxygens (including phenoxy) is 2. The Morgan fingerprint density at radius 3 is 1.90 bits per heavy atom. The maximum Gasteiger partial charge on any atom is 0.490 e. The number of halogens is 3. The van der Waals surface area contributed by atoms with Crippen molar-refractivity contribution in [3.63, 3.8) is 0 Å². The number of hydrogen-bond acceptors (Lipinski definition) is 12. The van der Waals surface area contributed by atoms with E-state index in [9.17, 15) is 56.6 Å². The standard InChI is InChI=1S/C58H87N7O11.C2HF3O2/c1-13-39(6)53(46(75-11)36-50(69)64-33-20-23-45(64)54(76-12)40(7)55(70)59-44(58(73)74)35-42-21-16-14-17-22-42)63(10)57(72)51(37(2)3)60-56(71)52(38(4)5)61(8)34-31-41-25-27-43(28-26-41)62(9)47(66)24-18-15-19-32-65-48(67)29-30-49(65)68;3-2(4,5)1(6)7/h14,16-17,21-22,25-30,37-40,44-46,51-54H,13,15,18-20,23-24,31-36H2,1-12H3,(H,59,70)(H,60,71)(H,73,74);(H,6,7)/t39-,40+,44-,45-,46+,51-,52-,53-,54+;/m0./s1. The molecule has 9 atom stereocenters. The monoisotopic (exact) mass is 1170 g/mol. The molecule has 0 aromatic heterocycles. The number of imide groups is 1. The number of aliphatic carboxylic acids is 2. The van der Waals surface area contributed by atoms with E-state index in [4.69, 9.17) is 19.4 Å². The Bertz CT molecular complexity index is 2500. The van der Waals surface area contributed by atoms with Gasteiger partial charge in [0.1, 0.15) is 12.1 Å². The third kappa shape index (κ3) is 20.8. The van der Waals surface area contributed by atoms with Crippen molar-refractivity contribution in [3.8, 4) is 0 Å². The number of rotatable bonds is 31. The second kappa shape index (κ2) is 33.5. The van der Waals surface area contributed by atoms with E-state index in [1.54, 1.807) is 47.9 Å². The molecule has 4 N–H and O–H groups in total. The molecule has 0 aliphatic carbocycles. The van der Waals surface area contributed by atoms with Gasteiger partial charge in [-0.25, -0.2) is 9.59 Å². The second-order valence-corrected chi connectivity index (χ2v) is 22.2. The first-order valence-corrected chi connectivity index (χ1v) is 28.4. The number of carbonyl (C=O) groups is 9. The summed E-state index contributed by atoms with van der Waals surface area (Å²) in [6.07, 6.45) is 0.956. The highest BCUT2D eigenvalue weighted by molar-refractivity contribution is 6.12. The second-order valence-electron chi connectivity index (χ2n) is 22.2. The number of carboxylic acid groups (broad SMARTS) is 2. The molecule has 2 aromatic rings. The number of nitrogens with zero attached hydrogens (tertiary/aromatic N) is 5. The number of amides is 7. The van der Waals surface area contributed by atoms with E-state index in [1.807, 2.05) is 96.0 Å². The Morgan fingerprint density at radius 1 is 0.783 bits per heavy atom. The van der Waals surface area contributed by atoms with Gasteiger partial charge in [-0.05, 0) is 80.2 Å². The van der Waals surface area contributed by atoms with Crippen LogP contribution < -0.4 is 15.5 Å². The van der Waals surface area contributed by atoms with Crippen molar-refractivity contribution in [1.82, 2.24) is 30.2 Å². The lowest BCUT2D eigenvalue weighted by Crippen LogP contribution is -2.60. The Labute approximate surface area is 486 Å². The van der Waals surface area contributed by atoms with Gasteiger partial charge >= 0.3 is 18.1 Å². The molecular weight excluding hydrogens is 1080 g/mol. The van der Waals surface area contributed by atoms with Gasteiger partial charge in [0, 0.05) is 78.6 Å². The van der Waals surface area contributed by atoms with Gasteiger partial charge in [-0.3, -0.25) is 43.4 Å². The van der Waals surface area contributed by atoms with Crippen LogP contribution in [0.25, 0.3) is 0 Å². The first-order valence-electron chi connectivity index (χ1n) is 28.4. The fraction of sp³-hybridized carbons (Fsp3) is 0.617. The van der Waals surface area contributed by atoms with E-state index in [2.05, 4.69) is 10.6 Å². The minimum absolute atomic E-state index is 0.0317.